The smallest absolute Gasteiger partial charge is 0.344 e. The number of urea groups is 1. The normalized spacial score (nSPS) is 19.2. The highest BCUT2D eigenvalue weighted by molar-refractivity contribution is 6.08. The third-order valence-corrected chi connectivity index (χ3v) is 5.52. The van der Waals surface area contributed by atoms with Crippen molar-refractivity contribution in [3.05, 3.63) is 65.2 Å². The summed E-state index contributed by atoms with van der Waals surface area (Å²) in [5.41, 5.74) is 4.06. The molecular weight excluding hydrogens is 396 g/mol. The molecule has 3 rings (SSSR count). The van der Waals surface area contributed by atoms with Crippen LogP contribution in [0.25, 0.3) is 0 Å². The van der Waals surface area contributed by atoms with Gasteiger partial charge in [-0.05, 0) is 31.0 Å². The van der Waals surface area contributed by atoms with Crippen molar-refractivity contribution in [2.75, 3.05) is 20.7 Å². The number of likely N-dealkylation sites (N-methyl/N-ethyl adjacent to an activating group) is 1. The molecule has 1 heterocycles. The first-order chi connectivity index (χ1) is 14.8. The van der Waals surface area contributed by atoms with E-state index < -0.39 is 23.4 Å². The molecule has 1 aliphatic heterocycles. The van der Waals surface area contributed by atoms with Crippen molar-refractivity contribution < 1.29 is 24.0 Å². The largest absolute Gasteiger partial charge is 0.496 e. The van der Waals surface area contributed by atoms with E-state index in [1.54, 1.807) is 19.2 Å². The summed E-state index contributed by atoms with van der Waals surface area (Å²) in [6.45, 7) is 4.46. The number of hydrazine groups is 1. The standard InChI is InChI=1S/C23H28N4O4/c1-5-23(18-9-7-6-8-10-18)21(29)27(22(30)24-23)25-20(28)15-26(3)14-17-13-16(2)11-12-19(17)31-4/h6-13H,5,14-15H2,1-4H3,(H,24,30)(H,25,28)/p+1/t23-/m0/s1. The van der Waals surface area contributed by atoms with E-state index in [-0.39, 0.29) is 6.54 Å². The molecule has 164 valence electrons. The highest BCUT2D eigenvalue weighted by Gasteiger charge is 2.52. The van der Waals surface area contributed by atoms with Crippen LogP contribution >= 0.6 is 0 Å². The molecule has 1 saturated heterocycles. The van der Waals surface area contributed by atoms with Crippen LogP contribution in [0, 0.1) is 6.92 Å². The lowest BCUT2D eigenvalue weighted by Gasteiger charge is -2.25. The number of methoxy groups -OCH3 is 1. The van der Waals surface area contributed by atoms with E-state index >= 15 is 0 Å². The number of nitrogens with zero attached hydrogens (tertiary/aromatic N) is 1. The van der Waals surface area contributed by atoms with Crippen LogP contribution in [-0.2, 0) is 21.7 Å². The van der Waals surface area contributed by atoms with Gasteiger partial charge in [0, 0.05) is 5.56 Å². The molecule has 0 radical (unpaired) electrons. The molecule has 0 aliphatic carbocycles. The van der Waals surface area contributed by atoms with Crippen molar-refractivity contribution in [1.29, 1.82) is 0 Å². The Kier molecular flexibility index (Phi) is 6.60. The van der Waals surface area contributed by atoms with Gasteiger partial charge in [0.25, 0.3) is 11.8 Å². The van der Waals surface area contributed by atoms with Crippen molar-refractivity contribution in [2.45, 2.75) is 32.4 Å². The van der Waals surface area contributed by atoms with Crippen molar-refractivity contribution in [2.24, 2.45) is 0 Å². The van der Waals surface area contributed by atoms with Crippen molar-refractivity contribution >= 4 is 17.8 Å². The maximum atomic E-state index is 13.1. The number of ether oxygens (including phenoxy) is 1. The van der Waals surface area contributed by atoms with Gasteiger partial charge in [0.15, 0.2) is 6.54 Å². The first-order valence-electron chi connectivity index (χ1n) is 10.3. The summed E-state index contributed by atoms with van der Waals surface area (Å²) in [5.74, 6) is -0.153. The van der Waals surface area contributed by atoms with Crippen LogP contribution in [0.2, 0.25) is 0 Å². The summed E-state index contributed by atoms with van der Waals surface area (Å²) < 4.78 is 5.40. The van der Waals surface area contributed by atoms with Gasteiger partial charge < -0.3 is 15.0 Å². The van der Waals surface area contributed by atoms with Gasteiger partial charge in [-0.15, -0.1) is 0 Å². The molecule has 2 aromatic rings. The highest BCUT2D eigenvalue weighted by atomic mass is 16.5. The number of carbonyl (C=O) groups is 3. The van der Waals surface area contributed by atoms with Gasteiger partial charge in [0.1, 0.15) is 17.8 Å². The maximum absolute atomic E-state index is 13.1. The van der Waals surface area contributed by atoms with Crippen molar-refractivity contribution in [1.82, 2.24) is 15.8 Å². The first kappa shape index (κ1) is 22.3. The Hall–Kier alpha value is -3.39. The summed E-state index contributed by atoms with van der Waals surface area (Å²) in [7, 11) is 3.48. The van der Waals surface area contributed by atoms with Crippen LogP contribution in [0.5, 0.6) is 5.75 Å². The number of aryl methyl sites for hydroxylation is 1. The Morgan fingerprint density at radius 2 is 1.90 bits per heavy atom. The van der Waals surface area contributed by atoms with Gasteiger partial charge >= 0.3 is 6.03 Å². The summed E-state index contributed by atoms with van der Waals surface area (Å²) in [6, 6.07) is 14.3. The fourth-order valence-corrected chi connectivity index (χ4v) is 3.91. The van der Waals surface area contributed by atoms with Gasteiger partial charge in [0.05, 0.1) is 14.2 Å². The quantitative estimate of drug-likeness (QED) is 0.548. The summed E-state index contributed by atoms with van der Waals surface area (Å²) >= 11 is 0. The van der Waals surface area contributed by atoms with E-state index in [1.165, 1.54) is 0 Å². The molecule has 1 fully saturated rings. The van der Waals surface area contributed by atoms with Gasteiger partial charge in [-0.1, -0.05) is 48.9 Å². The lowest BCUT2D eigenvalue weighted by Crippen LogP contribution is -3.09. The molecule has 1 unspecified atom stereocenters. The van der Waals surface area contributed by atoms with Crippen LogP contribution in [0.3, 0.4) is 0 Å². The number of quaternary nitrogens is 1. The molecule has 4 amide bonds. The number of hydrogen-bond acceptors (Lipinski definition) is 4. The van der Waals surface area contributed by atoms with E-state index in [0.29, 0.717) is 18.5 Å². The number of benzene rings is 2. The topological polar surface area (TPSA) is 92.2 Å². The third kappa shape index (κ3) is 4.54. The molecular formula is C23H29N4O4+. The van der Waals surface area contributed by atoms with E-state index in [4.69, 9.17) is 4.74 Å². The Balaban J connectivity index is 1.67. The number of carbonyl (C=O) groups excluding carboxylic acids is 3. The molecule has 0 bridgehead atoms. The second-order valence-electron chi connectivity index (χ2n) is 7.86. The van der Waals surface area contributed by atoms with Crippen LogP contribution < -0.4 is 20.4 Å². The Bertz CT molecular complexity index is 979. The lowest BCUT2D eigenvalue weighted by atomic mass is 9.87. The van der Waals surface area contributed by atoms with Gasteiger partial charge in [-0.3, -0.25) is 15.0 Å². The lowest BCUT2D eigenvalue weighted by molar-refractivity contribution is -0.885. The molecule has 0 aromatic heterocycles. The number of amides is 4. The predicted octanol–water partition coefficient (Wildman–Crippen LogP) is 0.907. The SMILES string of the molecule is CC[C@@]1(c2ccccc2)NC(=O)N(NC(=O)C[NH+](C)Cc2cc(C)ccc2OC)C1=O. The minimum Gasteiger partial charge on any atom is -0.496 e. The summed E-state index contributed by atoms with van der Waals surface area (Å²) in [6.07, 6.45) is 0.367. The number of rotatable bonds is 8. The molecule has 2 aromatic carbocycles. The monoisotopic (exact) mass is 425 g/mol. The van der Waals surface area contributed by atoms with E-state index in [9.17, 15) is 14.4 Å². The zero-order valence-electron chi connectivity index (χ0n) is 18.3. The molecule has 0 spiro atoms. The van der Waals surface area contributed by atoms with Gasteiger partial charge in [0.2, 0.25) is 0 Å². The van der Waals surface area contributed by atoms with Gasteiger partial charge in [-0.25, -0.2) is 4.79 Å². The molecule has 3 N–H and O–H groups in total. The van der Waals surface area contributed by atoms with E-state index in [2.05, 4.69) is 10.7 Å². The number of nitrogens with one attached hydrogen (secondary N) is 3. The molecule has 31 heavy (non-hydrogen) atoms. The fraction of sp³-hybridized carbons (Fsp3) is 0.348. The fourth-order valence-electron chi connectivity index (χ4n) is 3.91. The minimum atomic E-state index is -1.18. The first-order valence-corrected chi connectivity index (χ1v) is 10.3. The zero-order chi connectivity index (χ0) is 22.6. The Morgan fingerprint density at radius 3 is 2.55 bits per heavy atom. The van der Waals surface area contributed by atoms with Crippen molar-refractivity contribution in [3.8, 4) is 5.75 Å². The van der Waals surface area contributed by atoms with Crippen molar-refractivity contribution in [3.63, 3.8) is 0 Å². The molecule has 2 atom stereocenters. The predicted molar refractivity (Wildman–Crippen MR) is 115 cm³/mol. The van der Waals surface area contributed by atoms with E-state index in [1.807, 2.05) is 57.3 Å². The summed E-state index contributed by atoms with van der Waals surface area (Å²) in [5, 5.41) is 3.54. The minimum absolute atomic E-state index is 0.0820. The molecule has 8 nitrogen and oxygen atoms in total. The second kappa shape index (κ2) is 9.18. The van der Waals surface area contributed by atoms with Crippen LogP contribution in [0.15, 0.2) is 48.5 Å². The van der Waals surface area contributed by atoms with Gasteiger partial charge in [-0.2, -0.15) is 5.01 Å². The second-order valence-corrected chi connectivity index (χ2v) is 7.86. The Labute approximate surface area is 182 Å². The summed E-state index contributed by atoms with van der Waals surface area (Å²) in [4.78, 5) is 39.1. The average molecular weight is 426 g/mol. The van der Waals surface area contributed by atoms with Crippen LogP contribution in [-0.4, -0.2) is 43.6 Å². The van der Waals surface area contributed by atoms with Crippen LogP contribution in [0.1, 0.15) is 30.0 Å². The zero-order valence-corrected chi connectivity index (χ0v) is 18.3. The highest BCUT2D eigenvalue weighted by Crippen LogP contribution is 2.31. The van der Waals surface area contributed by atoms with Crippen LogP contribution in [0.4, 0.5) is 4.79 Å². The van der Waals surface area contributed by atoms with E-state index in [0.717, 1.165) is 26.8 Å². The Morgan fingerprint density at radius 1 is 1.19 bits per heavy atom. The third-order valence-electron chi connectivity index (χ3n) is 5.52. The maximum Gasteiger partial charge on any atom is 0.344 e. The average Bonchev–Trinajstić information content (AvgIpc) is 2.99. The molecule has 8 heteroatoms. The molecule has 0 saturated carbocycles. The molecule has 1 aliphatic rings. The number of imide groups is 1. The number of hydrogen-bond donors (Lipinski definition) is 3.